The number of H-pyrrole nitrogens is 2. The average Bonchev–Trinajstić information content (AvgIpc) is 4.34. The fourth-order valence-electron chi connectivity index (χ4n) is 9.49. The van der Waals surface area contributed by atoms with E-state index in [9.17, 15) is 0 Å². The molecule has 9 aromatic rings. The van der Waals surface area contributed by atoms with Gasteiger partial charge in [-0.15, -0.1) is 22.7 Å². The molecule has 6 bridgehead atoms. The van der Waals surface area contributed by atoms with E-state index >= 15 is 0 Å². The standard InChI is InChI=1S/C32H28N6S.C29H29N7S/c1-5-22(15-24(6-2)36-21(4)23-11-8-7-9-12-23)28-16-25(27(33)18-35-28)20(3)32-37-29-19-34-17-26(31(29)38-32)30-13-10-14-39-30;1-18-23(28-4-3-9-37-28)6-5-20-7-8-36(16-20)17-21-10-22(14-31-13-21)25-11-24-27(15-32-25)34-35-29(24)19(2)33-26(18)12-30/h5-19,36H,2-4,33H2,1H3,(H,37,38);3-4,6,9-15,20,30,33H,2,5,7-8,16-17H2,1H3,(H,34,35)/b22-5+,24-15+;23-6+,26-18+,30-12?. The summed E-state index contributed by atoms with van der Waals surface area (Å²) in [5.74, 6) is 1.23. The Kier molecular flexibility index (Phi) is 15.1. The molecule has 8 aromatic heterocycles. The molecule has 1 saturated heterocycles. The summed E-state index contributed by atoms with van der Waals surface area (Å²) in [6.45, 7) is 23.8. The highest BCUT2D eigenvalue weighted by molar-refractivity contribution is 7.13. The van der Waals surface area contributed by atoms with Crippen LogP contribution in [0, 0.1) is 11.3 Å². The monoisotopic (exact) mass is 1040 g/mol. The number of imidazole rings is 1. The van der Waals surface area contributed by atoms with Crippen molar-refractivity contribution in [1.29, 1.82) is 5.41 Å². The molecule has 0 radical (unpaired) electrons. The molecule has 7 N–H and O–H groups in total. The number of anilines is 1. The predicted molar refractivity (Wildman–Crippen MR) is 316 cm³/mol. The molecule has 2 unspecified atom stereocenters. The van der Waals surface area contributed by atoms with Crippen LogP contribution >= 0.6 is 22.7 Å². The lowest BCUT2D eigenvalue weighted by Gasteiger charge is -2.17. The largest absolute Gasteiger partial charge is 0.397 e. The van der Waals surface area contributed by atoms with Crippen LogP contribution in [0.1, 0.15) is 65.5 Å². The minimum Gasteiger partial charge on any atom is -0.397 e. The lowest BCUT2D eigenvalue weighted by atomic mass is 9.97. The van der Waals surface area contributed by atoms with Crippen LogP contribution in [-0.2, 0) is 6.54 Å². The number of fused-ring (bicyclic) bond motifs is 7. The zero-order valence-electron chi connectivity index (χ0n) is 42.4. The Hall–Kier alpha value is -8.89. The Bertz CT molecular complexity index is 3780. The number of pyridine rings is 4. The maximum absolute atomic E-state index is 8.21. The summed E-state index contributed by atoms with van der Waals surface area (Å²) in [5.41, 5.74) is 23.3. The summed E-state index contributed by atoms with van der Waals surface area (Å²) in [7, 11) is 0. The summed E-state index contributed by atoms with van der Waals surface area (Å²) in [6, 6.07) is 24.4. The van der Waals surface area contributed by atoms with Gasteiger partial charge in [0.2, 0.25) is 0 Å². The number of nitrogens with one attached hydrogen (secondary N) is 5. The van der Waals surface area contributed by atoms with Gasteiger partial charge in [-0.1, -0.05) is 80.9 Å². The van der Waals surface area contributed by atoms with Gasteiger partial charge in [0.1, 0.15) is 17.0 Å². The second-order valence-electron chi connectivity index (χ2n) is 18.6. The van der Waals surface area contributed by atoms with Crippen LogP contribution in [-0.4, -0.2) is 64.3 Å². The third kappa shape index (κ3) is 11.0. The molecule has 1 fully saturated rings. The second-order valence-corrected chi connectivity index (χ2v) is 20.5. The van der Waals surface area contributed by atoms with Crippen molar-refractivity contribution < 1.29 is 0 Å². The van der Waals surface area contributed by atoms with Crippen LogP contribution in [0.25, 0.3) is 71.7 Å². The molecule has 378 valence electrons. The third-order valence-corrected chi connectivity index (χ3v) is 15.4. The fourth-order valence-corrected chi connectivity index (χ4v) is 11.1. The van der Waals surface area contributed by atoms with Crippen molar-refractivity contribution >= 4 is 84.6 Å². The van der Waals surface area contributed by atoms with Gasteiger partial charge in [0, 0.05) is 86.7 Å². The number of hydrogen-bond acceptors (Lipinski definition) is 13. The van der Waals surface area contributed by atoms with Crippen molar-refractivity contribution in [2.45, 2.75) is 33.2 Å². The summed E-state index contributed by atoms with van der Waals surface area (Å²) in [6.07, 6.45) is 22.5. The van der Waals surface area contributed by atoms with Crippen molar-refractivity contribution in [2.24, 2.45) is 5.92 Å². The average molecular weight is 1040 g/mol. The summed E-state index contributed by atoms with van der Waals surface area (Å²) < 4.78 is 0. The van der Waals surface area contributed by atoms with E-state index < -0.39 is 0 Å². The van der Waals surface area contributed by atoms with Gasteiger partial charge in [-0.2, -0.15) is 5.10 Å². The molecule has 2 aliphatic heterocycles. The molecule has 0 aliphatic carbocycles. The molecule has 0 saturated carbocycles. The minimum atomic E-state index is 0.514. The maximum atomic E-state index is 8.21. The van der Waals surface area contributed by atoms with Crippen molar-refractivity contribution in [3.63, 3.8) is 0 Å². The Labute approximate surface area is 450 Å². The molecule has 0 amide bonds. The normalized spacial score (nSPS) is 17.7. The first-order chi connectivity index (χ1) is 37.1. The lowest BCUT2D eigenvalue weighted by Crippen LogP contribution is -2.20. The first-order valence-electron chi connectivity index (χ1n) is 24.8. The quantitative estimate of drug-likeness (QED) is 0.0538. The van der Waals surface area contributed by atoms with Gasteiger partial charge in [-0.05, 0) is 120 Å². The highest BCUT2D eigenvalue weighted by Gasteiger charge is 2.24. The Morgan fingerprint density at radius 1 is 0.921 bits per heavy atom. The number of aromatic nitrogens is 8. The molecule has 10 heterocycles. The molecule has 15 heteroatoms. The highest BCUT2D eigenvalue weighted by Crippen LogP contribution is 2.35. The summed E-state index contributed by atoms with van der Waals surface area (Å²) >= 11 is 3.38. The number of thiophene rings is 2. The number of aromatic amines is 2. The van der Waals surface area contributed by atoms with Crippen LogP contribution in [0.3, 0.4) is 0 Å². The van der Waals surface area contributed by atoms with Gasteiger partial charge in [-0.3, -0.25) is 29.9 Å². The third-order valence-electron chi connectivity index (χ3n) is 13.6. The first kappa shape index (κ1) is 50.6. The summed E-state index contributed by atoms with van der Waals surface area (Å²) in [5, 5.41) is 27.6. The number of rotatable bonds is 11. The molecule has 2 atom stereocenters. The van der Waals surface area contributed by atoms with Crippen molar-refractivity contribution in [1.82, 2.24) is 55.6 Å². The Morgan fingerprint density at radius 2 is 1.72 bits per heavy atom. The fraction of sp³-hybridized carbons (Fsp3) is 0.131. The van der Waals surface area contributed by atoms with E-state index in [-0.39, 0.29) is 0 Å². The van der Waals surface area contributed by atoms with Gasteiger partial charge in [0.05, 0.1) is 58.1 Å². The molecule has 11 rings (SSSR count). The number of hydrogen-bond donors (Lipinski definition) is 6. The maximum Gasteiger partial charge on any atom is 0.138 e. The van der Waals surface area contributed by atoms with Crippen LogP contribution in [0.2, 0.25) is 0 Å². The summed E-state index contributed by atoms with van der Waals surface area (Å²) in [4.78, 5) is 31.3. The van der Waals surface area contributed by atoms with Gasteiger partial charge in [0.25, 0.3) is 0 Å². The molecule has 1 aromatic carbocycles. The van der Waals surface area contributed by atoms with Crippen LogP contribution < -0.4 is 16.4 Å². The van der Waals surface area contributed by atoms with E-state index in [4.69, 9.17) is 16.1 Å². The zero-order valence-corrected chi connectivity index (χ0v) is 44.0. The topological polar surface area (TPSA) is 186 Å². The first-order valence-corrected chi connectivity index (χ1v) is 26.6. The smallest absolute Gasteiger partial charge is 0.138 e. The number of nitrogens with two attached hydrogens (primary N) is 1. The van der Waals surface area contributed by atoms with E-state index in [1.807, 2.05) is 91.6 Å². The highest BCUT2D eigenvalue weighted by atomic mass is 32.1. The van der Waals surface area contributed by atoms with Crippen molar-refractivity contribution in [3.8, 4) is 21.7 Å². The van der Waals surface area contributed by atoms with Gasteiger partial charge in [-0.25, -0.2) is 4.98 Å². The number of nitrogen functional groups attached to an aromatic ring is 1. The van der Waals surface area contributed by atoms with E-state index in [1.165, 1.54) is 28.6 Å². The predicted octanol–water partition coefficient (Wildman–Crippen LogP) is 13.3. The second kappa shape index (κ2) is 22.7. The number of allylic oxidation sites excluding steroid dienone is 8. The van der Waals surface area contributed by atoms with E-state index in [2.05, 4.69) is 120 Å². The van der Waals surface area contributed by atoms with Crippen molar-refractivity contribution in [2.75, 3.05) is 18.8 Å². The van der Waals surface area contributed by atoms with Crippen molar-refractivity contribution in [3.05, 3.63) is 227 Å². The molecule has 2 aliphatic rings. The Balaban J connectivity index is 0.000000173. The van der Waals surface area contributed by atoms with E-state index in [0.717, 1.165) is 109 Å². The van der Waals surface area contributed by atoms with Gasteiger partial charge in [0.15, 0.2) is 0 Å². The van der Waals surface area contributed by atoms with Crippen LogP contribution in [0.5, 0.6) is 0 Å². The minimum absolute atomic E-state index is 0.514. The molecule has 0 spiro atoms. The zero-order chi connectivity index (χ0) is 52.7. The van der Waals surface area contributed by atoms with Gasteiger partial charge >= 0.3 is 0 Å². The van der Waals surface area contributed by atoms with Gasteiger partial charge < -0.3 is 26.8 Å². The number of nitrogens with zero attached hydrogens (tertiary/aromatic N) is 7. The lowest BCUT2D eigenvalue weighted by molar-refractivity contribution is 0.317. The molecular weight excluding hydrogens is 979 g/mol. The number of benzene rings is 1. The SMILES string of the molecule is C=C/C(=C\C(=C/C)c1cc(C(=C)c2nc3c(-c4cccs4)cncc3[nH]2)c(N)cn1)NC(=C)c1ccccc1.C=C1N/C(C=N)=C(C)/C(c2cccs2)=C\CC2CCN(Cc3cncc(c3)-c3cc4c1n[nH]c4cn3)C2. The van der Waals surface area contributed by atoms with E-state index in [0.29, 0.717) is 40.1 Å². The Morgan fingerprint density at radius 3 is 2.49 bits per heavy atom. The van der Waals surface area contributed by atoms with E-state index in [1.54, 1.807) is 47.3 Å². The van der Waals surface area contributed by atoms with Crippen LogP contribution in [0.4, 0.5) is 5.69 Å². The molecule has 76 heavy (non-hydrogen) atoms. The molecule has 13 nitrogen and oxygen atoms in total. The van der Waals surface area contributed by atoms with Crippen LogP contribution in [0.15, 0.2) is 188 Å². The molecular formula is C61H57N13S2.